The van der Waals surface area contributed by atoms with Crippen molar-refractivity contribution in [1.29, 1.82) is 0 Å². The summed E-state index contributed by atoms with van der Waals surface area (Å²) in [4.78, 5) is 13.1. The first kappa shape index (κ1) is 27.9. The smallest absolute Gasteiger partial charge is 0.264 e. The molecule has 1 amide bonds. The molecule has 1 N–H and O–H groups in total. The van der Waals surface area contributed by atoms with Crippen LogP contribution in [0.1, 0.15) is 18.5 Å². The molecule has 0 saturated carbocycles. The fourth-order valence-corrected chi connectivity index (χ4v) is 5.26. The first-order valence-electron chi connectivity index (χ1n) is 11.2. The van der Waals surface area contributed by atoms with Crippen LogP contribution in [0.5, 0.6) is 23.0 Å². The Morgan fingerprint density at radius 3 is 2.08 bits per heavy atom. The molecule has 0 heterocycles. The number of benzene rings is 3. The molecule has 0 radical (unpaired) electrons. The van der Waals surface area contributed by atoms with Gasteiger partial charge in [-0.2, -0.15) is 0 Å². The highest BCUT2D eigenvalue weighted by molar-refractivity contribution is 7.92. The van der Waals surface area contributed by atoms with Crippen LogP contribution in [0.2, 0.25) is 5.02 Å². The number of methoxy groups -OCH3 is 4. The lowest BCUT2D eigenvalue weighted by Gasteiger charge is -2.26. The van der Waals surface area contributed by atoms with Crippen LogP contribution in [0.15, 0.2) is 65.6 Å². The average molecular weight is 549 g/mol. The number of rotatable bonds is 11. The van der Waals surface area contributed by atoms with Crippen LogP contribution in [-0.4, -0.2) is 49.3 Å². The summed E-state index contributed by atoms with van der Waals surface area (Å²) in [5.74, 6) is 1.23. The largest absolute Gasteiger partial charge is 0.497 e. The molecule has 0 aliphatic heterocycles. The predicted octanol–water partition coefficient (Wildman–Crippen LogP) is 4.45. The van der Waals surface area contributed by atoms with E-state index >= 15 is 0 Å². The minimum atomic E-state index is -4.19. The lowest BCUT2D eigenvalue weighted by molar-refractivity contribution is -0.120. The number of nitrogens with zero attached hydrogens (tertiary/aromatic N) is 1. The zero-order valence-corrected chi connectivity index (χ0v) is 22.7. The molecule has 3 rings (SSSR count). The minimum Gasteiger partial charge on any atom is -0.497 e. The maximum atomic E-state index is 13.7. The zero-order valence-electron chi connectivity index (χ0n) is 21.1. The van der Waals surface area contributed by atoms with Gasteiger partial charge in [-0.15, -0.1) is 0 Å². The molecule has 0 spiro atoms. The van der Waals surface area contributed by atoms with E-state index in [-0.39, 0.29) is 16.3 Å². The number of anilines is 1. The summed E-state index contributed by atoms with van der Waals surface area (Å²) in [5.41, 5.74) is 0.942. The Labute approximate surface area is 221 Å². The van der Waals surface area contributed by atoms with Crippen LogP contribution >= 0.6 is 11.6 Å². The average Bonchev–Trinajstić information content (AvgIpc) is 2.91. The van der Waals surface area contributed by atoms with Crippen LogP contribution < -0.4 is 28.6 Å². The van der Waals surface area contributed by atoms with Gasteiger partial charge in [-0.05, 0) is 61.5 Å². The SMILES string of the molecule is COc1ccc(OC)c(C(C)NC(=O)CN(c2ccc(Cl)cc2)S(=O)(=O)c2ccc(OC)c(OC)c2)c1. The molecule has 37 heavy (non-hydrogen) atoms. The van der Waals surface area contributed by atoms with E-state index in [1.807, 2.05) is 0 Å². The summed E-state index contributed by atoms with van der Waals surface area (Å²) in [6, 6.07) is 15.1. The lowest BCUT2D eigenvalue weighted by atomic mass is 10.1. The number of hydrogen-bond acceptors (Lipinski definition) is 7. The standard InChI is InChI=1S/C26H29ClN2O7S/c1-17(22-14-20(33-2)10-12-23(22)34-3)28-26(30)16-29(19-8-6-18(27)7-9-19)37(31,32)21-11-13-24(35-4)25(15-21)36-5/h6-15,17H,16H2,1-5H3,(H,28,30). The second-order valence-electron chi connectivity index (χ2n) is 7.90. The van der Waals surface area contributed by atoms with Crippen LogP contribution in [0.3, 0.4) is 0 Å². The first-order valence-corrected chi connectivity index (χ1v) is 13.0. The molecule has 11 heteroatoms. The minimum absolute atomic E-state index is 0.0737. The number of sulfonamides is 1. The molecule has 3 aromatic carbocycles. The van der Waals surface area contributed by atoms with Gasteiger partial charge in [-0.25, -0.2) is 8.42 Å². The van der Waals surface area contributed by atoms with Gasteiger partial charge >= 0.3 is 0 Å². The van der Waals surface area contributed by atoms with E-state index in [1.165, 1.54) is 58.8 Å². The van der Waals surface area contributed by atoms with Crippen LogP contribution in [-0.2, 0) is 14.8 Å². The van der Waals surface area contributed by atoms with Crippen molar-refractivity contribution in [2.75, 3.05) is 39.3 Å². The Kier molecular flexibility index (Phi) is 9.12. The fraction of sp³-hybridized carbons (Fsp3) is 0.269. The van der Waals surface area contributed by atoms with Gasteiger partial charge in [0.25, 0.3) is 10.0 Å². The van der Waals surface area contributed by atoms with E-state index < -0.39 is 28.5 Å². The van der Waals surface area contributed by atoms with Gasteiger partial charge in [-0.1, -0.05) is 11.6 Å². The van der Waals surface area contributed by atoms with Crippen molar-refractivity contribution in [3.8, 4) is 23.0 Å². The van der Waals surface area contributed by atoms with E-state index in [2.05, 4.69) is 5.32 Å². The van der Waals surface area contributed by atoms with Gasteiger partial charge in [0.15, 0.2) is 11.5 Å². The summed E-state index contributed by atoms with van der Waals surface area (Å²) in [6.45, 7) is 1.28. The Balaban J connectivity index is 1.95. The molecular weight excluding hydrogens is 520 g/mol. The topological polar surface area (TPSA) is 103 Å². The molecule has 0 bridgehead atoms. The molecule has 0 aromatic heterocycles. The Bertz CT molecular complexity index is 1350. The summed E-state index contributed by atoms with van der Waals surface area (Å²) in [6.07, 6.45) is 0. The third kappa shape index (κ3) is 6.39. The second kappa shape index (κ2) is 12.1. The molecule has 0 fully saturated rings. The second-order valence-corrected chi connectivity index (χ2v) is 10.2. The van der Waals surface area contributed by atoms with E-state index in [9.17, 15) is 13.2 Å². The van der Waals surface area contributed by atoms with E-state index in [4.69, 9.17) is 30.5 Å². The van der Waals surface area contributed by atoms with Gasteiger partial charge in [-0.3, -0.25) is 9.10 Å². The third-order valence-corrected chi connectivity index (χ3v) is 7.65. The van der Waals surface area contributed by atoms with Crippen molar-refractivity contribution in [2.45, 2.75) is 17.9 Å². The number of carbonyl (C=O) groups excluding carboxylic acids is 1. The van der Waals surface area contributed by atoms with Crippen LogP contribution in [0.25, 0.3) is 0 Å². The summed E-state index contributed by atoms with van der Waals surface area (Å²) < 4.78 is 49.7. The van der Waals surface area contributed by atoms with Crippen LogP contribution in [0, 0.1) is 0 Å². The van der Waals surface area contributed by atoms with Crippen molar-refractivity contribution in [3.63, 3.8) is 0 Å². The number of carbonyl (C=O) groups is 1. The molecule has 0 saturated heterocycles. The number of nitrogens with one attached hydrogen (secondary N) is 1. The molecule has 3 aromatic rings. The van der Waals surface area contributed by atoms with Crippen molar-refractivity contribution in [1.82, 2.24) is 5.32 Å². The fourth-order valence-electron chi connectivity index (χ4n) is 3.70. The first-order chi connectivity index (χ1) is 17.6. The van der Waals surface area contributed by atoms with E-state index in [0.717, 1.165) is 4.31 Å². The number of amides is 1. The number of ether oxygens (including phenoxy) is 4. The van der Waals surface area contributed by atoms with Crippen LogP contribution in [0.4, 0.5) is 5.69 Å². The number of hydrogen-bond donors (Lipinski definition) is 1. The maximum absolute atomic E-state index is 13.7. The van der Waals surface area contributed by atoms with Gasteiger partial charge < -0.3 is 24.3 Å². The van der Waals surface area contributed by atoms with Gasteiger partial charge in [0, 0.05) is 16.7 Å². The molecular formula is C26H29ClN2O7S. The summed E-state index contributed by atoms with van der Waals surface area (Å²) >= 11 is 6.02. The van der Waals surface area contributed by atoms with Crippen molar-refractivity contribution in [3.05, 3.63) is 71.2 Å². The Hall–Kier alpha value is -3.63. The van der Waals surface area contributed by atoms with Crippen molar-refractivity contribution >= 4 is 33.2 Å². The van der Waals surface area contributed by atoms with E-state index in [1.54, 1.807) is 37.3 Å². The van der Waals surface area contributed by atoms with Gasteiger partial charge in [0.1, 0.15) is 18.0 Å². The Morgan fingerprint density at radius 1 is 0.865 bits per heavy atom. The highest BCUT2D eigenvalue weighted by atomic mass is 35.5. The van der Waals surface area contributed by atoms with E-state index in [0.29, 0.717) is 27.8 Å². The predicted molar refractivity (Wildman–Crippen MR) is 142 cm³/mol. The molecule has 0 aliphatic rings. The molecule has 9 nitrogen and oxygen atoms in total. The third-order valence-electron chi connectivity index (χ3n) is 5.63. The quantitative estimate of drug-likeness (QED) is 0.377. The zero-order chi connectivity index (χ0) is 27.2. The van der Waals surface area contributed by atoms with Crippen molar-refractivity contribution < 1.29 is 32.2 Å². The van der Waals surface area contributed by atoms with Gasteiger partial charge in [0.2, 0.25) is 5.91 Å². The van der Waals surface area contributed by atoms with Crippen molar-refractivity contribution in [2.24, 2.45) is 0 Å². The molecule has 1 unspecified atom stereocenters. The molecule has 198 valence electrons. The monoisotopic (exact) mass is 548 g/mol. The highest BCUT2D eigenvalue weighted by Crippen LogP contribution is 2.33. The van der Waals surface area contributed by atoms with Gasteiger partial charge in [0.05, 0.1) is 45.1 Å². The number of halogens is 1. The normalized spacial score (nSPS) is 11.8. The molecule has 0 aliphatic carbocycles. The summed E-state index contributed by atoms with van der Waals surface area (Å²) in [7, 11) is 1.73. The Morgan fingerprint density at radius 2 is 1.49 bits per heavy atom. The molecule has 1 atom stereocenters. The summed E-state index contributed by atoms with van der Waals surface area (Å²) in [5, 5.41) is 3.27. The maximum Gasteiger partial charge on any atom is 0.264 e. The highest BCUT2D eigenvalue weighted by Gasteiger charge is 2.29. The lowest BCUT2D eigenvalue weighted by Crippen LogP contribution is -2.41.